The third-order valence-electron chi connectivity index (χ3n) is 6.39. The van der Waals surface area contributed by atoms with Crippen molar-refractivity contribution in [3.05, 3.63) is 80.9 Å². The number of amidine groups is 1. The number of nitrogens with zero attached hydrogens (tertiary/aromatic N) is 3. The summed E-state index contributed by atoms with van der Waals surface area (Å²) in [6, 6.07) is 7.09. The molecule has 5 rings (SSSR count). The molecule has 1 unspecified atom stereocenters. The van der Waals surface area contributed by atoms with Gasteiger partial charge >= 0.3 is 11.7 Å². The molecule has 0 aliphatic carbocycles. The van der Waals surface area contributed by atoms with Gasteiger partial charge in [0.2, 0.25) is 0 Å². The average molecular weight is 551 g/mol. The molecule has 40 heavy (non-hydrogen) atoms. The van der Waals surface area contributed by atoms with Crippen LogP contribution in [0, 0.1) is 11.2 Å². The molecule has 4 aromatic rings. The minimum absolute atomic E-state index is 0.00473. The second-order valence-electron chi connectivity index (χ2n) is 8.89. The van der Waals surface area contributed by atoms with Gasteiger partial charge in [0.1, 0.15) is 23.3 Å². The smallest absolute Gasteiger partial charge is 0.349 e. The lowest BCUT2D eigenvalue weighted by molar-refractivity contribution is 0.0526. The summed E-state index contributed by atoms with van der Waals surface area (Å²) in [4.78, 5) is 28.1. The molecule has 0 amide bonds. The lowest BCUT2D eigenvalue weighted by Gasteiger charge is -2.25. The molecule has 1 aliphatic heterocycles. The Hall–Kier alpha value is -5.14. The molecule has 0 radical (unpaired) electrons. The molecule has 0 bridgehead atoms. The Morgan fingerprint density at radius 1 is 1.35 bits per heavy atom. The molecule has 3 heterocycles. The van der Waals surface area contributed by atoms with Gasteiger partial charge in [-0.15, -0.1) is 5.10 Å². The van der Waals surface area contributed by atoms with Crippen LogP contribution < -0.4 is 26.2 Å². The van der Waals surface area contributed by atoms with E-state index in [0.29, 0.717) is 47.8 Å². The van der Waals surface area contributed by atoms with Gasteiger partial charge in [-0.2, -0.15) is 9.78 Å². The van der Waals surface area contributed by atoms with Crippen molar-refractivity contribution in [3.8, 4) is 17.3 Å². The monoisotopic (exact) mass is 550 g/mol. The summed E-state index contributed by atoms with van der Waals surface area (Å²) < 4.78 is 33.3. The normalized spacial score (nSPS) is 13.2. The van der Waals surface area contributed by atoms with Crippen LogP contribution in [0.4, 0.5) is 10.1 Å². The van der Waals surface area contributed by atoms with E-state index >= 15 is 4.39 Å². The molecule has 0 saturated heterocycles. The summed E-state index contributed by atoms with van der Waals surface area (Å²) >= 11 is 0. The van der Waals surface area contributed by atoms with E-state index in [-0.39, 0.29) is 35.2 Å². The maximum atomic E-state index is 16.1. The topological polar surface area (TPSA) is 186 Å². The summed E-state index contributed by atoms with van der Waals surface area (Å²) in [6.45, 7) is 2.22. The molecule has 208 valence electrons. The van der Waals surface area contributed by atoms with Gasteiger partial charge in [-0.3, -0.25) is 15.5 Å². The Morgan fingerprint density at radius 3 is 2.83 bits per heavy atom. The first-order chi connectivity index (χ1) is 19.3. The van der Waals surface area contributed by atoms with Crippen LogP contribution in [0.3, 0.4) is 0 Å². The number of nitrogens with two attached hydrogens (primary N) is 1. The molecular formula is C26H27FN8O5. The molecule has 0 saturated carbocycles. The number of nitrogens with one attached hydrogen (secondary N) is 4. The SMILES string of the molecule is CCOC(=O)c1cn[nH]c1-n1nc(C(Nc2ccc(C(=N)N)cc2)c2cc(OC)c3c(c2F)CCCO3)[nH]c1=O. The van der Waals surface area contributed by atoms with E-state index in [2.05, 4.69) is 25.6 Å². The fraction of sp³-hybridized carbons (Fsp3) is 0.269. The Morgan fingerprint density at radius 2 is 2.12 bits per heavy atom. The number of hydrogen-bond donors (Lipinski definition) is 5. The molecule has 1 atom stereocenters. The number of benzene rings is 2. The third-order valence-corrected chi connectivity index (χ3v) is 6.39. The lowest BCUT2D eigenvalue weighted by atomic mass is 9.96. The number of hydrogen-bond acceptors (Lipinski definition) is 9. The highest BCUT2D eigenvalue weighted by Gasteiger charge is 2.30. The Kier molecular flexibility index (Phi) is 7.23. The van der Waals surface area contributed by atoms with Crippen LogP contribution in [0.25, 0.3) is 5.82 Å². The van der Waals surface area contributed by atoms with Crippen molar-refractivity contribution in [2.24, 2.45) is 5.73 Å². The van der Waals surface area contributed by atoms with Crippen molar-refractivity contribution in [2.75, 3.05) is 25.6 Å². The van der Waals surface area contributed by atoms with E-state index in [1.54, 1.807) is 31.2 Å². The standard InChI is InChI=1S/C26H27FN8O5/c1-3-39-25(36)17-12-30-33-24(17)35-26(37)32-23(34-35)20(31-14-8-6-13(7-9-14)22(28)29)16-11-18(38-2)21-15(19(16)27)5-4-10-40-21/h6-9,11-12,20,31H,3-5,10H2,1-2H3,(H3,28,29)(H,30,33)(H,32,34,37). The number of aromatic amines is 2. The minimum Gasteiger partial charge on any atom is -0.493 e. The first-order valence-corrected chi connectivity index (χ1v) is 12.5. The fourth-order valence-electron chi connectivity index (χ4n) is 4.49. The molecule has 2 aromatic heterocycles. The zero-order valence-electron chi connectivity index (χ0n) is 21.7. The lowest BCUT2D eigenvalue weighted by Crippen LogP contribution is -2.20. The maximum absolute atomic E-state index is 16.1. The maximum Gasteiger partial charge on any atom is 0.349 e. The predicted octanol–water partition coefficient (Wildman–Crippen LogP) is 2.42. The number of halogens is 1. The van der Waals surface area contributed by atoms with Crippen molar-refractivity contribution in [2.45, 2.75) is 25.8 Å². The summed E-state index contributed by atoms with van der Waals surface area (Å²) in [5.74, 6) is -0.602. The summed E-state index contributed by atoms with van der Waals surface area (Å²) in [7, 11) is 1.46. The van der Waals surface area contributed by atoms with Gasteiger partial charge in [0.15, 0.2) is 23.1 Å². The van der Waals surface area contributed by atoms with Crippen molar-refractivity contribution in [1.82, 2.24) is 25.0 Å². The second kappa shape index (κ2) is 10.9. The zero-order valence-corrected chi connectivity index (χ0v) is 21.7. The van der Waals surface area contributed by atoms with Crippen LogP contribution in [0.5, 0.6) is 11.5 Å². The molecule has 14 heteroatoms. The number of carbonyl (C=O) groups excluding carboxylic acids is 1. The van der Waals surface area contributed by atoms with E-state index in [1.165, 1.54) is 19.4 Å². The van der Waals surface area contributed by atoms with Crippen molar-refractivity contribution in [1.29, 1.82) is 5.41 Å². The van der Waals surface area contributed by atoms with Gasteiger partial charge in [0, 0.05) is 22.4 Å². The zero-order chi connectivity index (χ0) is 28.4. The van der Waals surface area contributed by atoms with Crippen molar-refractivity contribution >= 4 is 17.5 Å². The average Bonchev–Trinajstić information content (AvgIpc) is 3.59. The van der Waals surface area contributed by atoms with Gasteiger partial charge in [0.05, 0.1) is 26.5 Å². The van der Waals surface area contributed by atoms with Gasteiger partial charge in [-0.1, -0.05) is 0 Å². The molecule has 1 aliphatic rings. The molecule has 13 nitrogen and oxygen atoms in total. The predicted molar refractivity (Wildman–Crippen MR) is 142 cm³/mol. The summed E-state index contributed by atoms with van der Waals surface area (Å²) in [5, 5.41) is 21.7. The van der Waals surface area contributed by atoms with Crippen LogP contribution in [0.2, 0.25) is 0 Å². The number of H-pyrrole nitrogens is 2. The number of nitrogen functional groups attached to an aromatic ring is 1. The van der Waals surface area contributed by atoms with E-state index in [9.17, 15) is 9.59 Å². The minimum atomic E-state index is -1.02. The van der Waals surface area contributed by atoms with Crippen LogP contribution in [0.15, 0.2) is 41.3 Å². The van der Waals surface area contributed by atoms with Gasteiger partial charge in [-0.25, -0.2) is 14.0 Å². The molecule has 0 fully saturated rings. The highest BCUT2D eigenvalue weighted by molar-refractivity contribution is 5.95. The molecular weight excluding hydrogens is 523 g/mol. The summed E-state index contributed by atoms with van der Waals surface area (Å²) in [5.41, 5.74) is 6.43. The van der Waals surface area contributed by atoms with Crippen LogP contribution in [0.1, 0.15) is 52.3 Å². The van der Waals surface area contributed by atoms with E-state index in [1.807, 2.05) is 0 Å². The van der Waals surface area contributed by atoms with E-state index in [0.717, 1.165) is 4.68 Å². The van der Waals surface area contributed by atoms with Gasteiger partial charge < -0.3 is 25.3 Å². The number of anilines is 1. The first kappa shape index (κ1) is 26.5. The largest absolute Gasteiger partial charge is 0.493 e. The van der Waals surface area contributed by atoms with E-state index < -0.39 is 23.5 Å². The quantitative estimate of drug-likeness (QED) is 0.119. The number of fused-ring (bicyclic) bond motifs is 1. The second-order valence-corrected chi connectivity index (χ2v) is 8.89. The van der Waals surface area contributed by atoms with Crippen molar-refractivity contribution < 1.29 is 23.4 Å². The number of ether oxygens (including phenoxy) is 3. The third kappa shape index (κ3) is 4.86. The van der Waals surface area contributed by atoms with Crippen molar-refractivity contribution in [3.63, 3.8) is 0 Å². The van der Waals surface area contributed by atoms with Gasteiger partial charge in [0.25, 0.3) is 0 Å². The fourth-order valence-corrected chi connectivity index (χ4v) is 4.49. The van der Waals surface area contributed by atoms with Crippen LogP contribution in [-0.4, -0.2) is 57.1 Å². The molecule has 6 N–H and O–H groups in total. The number of aromatic nitrogens is 5. The summed E-state index contributed by atoms with van der Waals surface area (Å²) in [6.07, 6.45) is 2.30. The number of carbonyl (C=O) groups is 1. The van der Waals surface area contributed by atoms with Gasteiger partial charge in [-0.05, 0) is 50.1 Å². The highest BCUT2D eigenvalue weighted by atomic mass is 19.1. The number of esters is 1. The molecule has 0 spiro atoms. The number of rotatable bonds is 9. The first-order valence-electron chi connectivity index (χ1n) is 12.5. The Labute approximate surface area is 227 Å². The Bertz CT molecular complexity index is 1620. The Balaban J connectivity index is 1.64. The highest BCUT2D eigenvalue weighted by Crippen LogP contribution is 2.41. The van der Waals surface area contributed by atoms with Crippen LogP contribution >= 0.6 is 0 Å². The number of methoxy groups -OCH3 is 1. The van der Waals surface area contributed by atoms with Crippen LogP contribution in [-0.2, 0) is 11.2 Å². The molecule has 2 aromatic carbocycles. The van der Waals surface area contributed by atoms with E-state index in [4.69, 9.17) is 25.4 Å².